The molecule has 104 valence electrons. The van der Waals surface area contributed by atoms with Gasteiger partial charge in [-0.15, -0.1) is 11.8 Å². The number of rotatable bonds is 4. The molecule has 0 heterocycles. The number of nitrogens with two attached hydrogens (primary N) is 1. The molecule has 1 rings (SSSR count). The summed E-state index contributed by atoms with van der Waals surface area (Å²) in [4.78, 5) is 22.0. The van der Waals surface area contributed by atoms with Crippen LogP contribution < -0.4 is 11.1 Å². The molecule has 19 heavy (non-hydrogen) atoms. The van der Waals surface area contributed by atoms with E-state index in [-0.39, 0.29) is 5.56 Å². The summed E-state index contributed by atoms with van der Waals surface area (Å²) in [5.74, 6) is -1.92. The Hall–Kier alpha value is -1.63. The Morgan fingerprint density at radius 3 is 2.26 bits per heavy atom. The molecule has 3 amide bonds. The zero-order valence-electron chi connectivity index (χ0n) is 10.4. The van der Waals surface area contributed by atoms with Crippen molar-refractivity contribution in [1.82, 2.24) is 5.32 Å². The molecule has 2 atom stereocenters. The van der Waals surface area contributed by atoms with Gasteiger partial charge in [0.15, 0.2) is 0 Å². The van der Waals surface area contributed by atoms with Crippen LogP contribution in [0.15, 0.2) is 18.2 Å². The number of urea groups is 1. The SMILES string of the molecule is C[C@@H](S[C@H](C)c1c(F)cccc1F)C(=O)NC(N)=O. The maximum absolute atomic E-state index is 13.5. The second-order valence-electron chi connectivity index (χ2n) is 3.91. The van der Waals surface area contributed by atoms with Crippen LogP contribution >= 0.6 is 11.8 Å². The third kappa shape index (κ3) is 4.20. The lowest BCUT2D eigenvalue weighted by Gasteiger charge is -2.17. The van der Waals surface area contributed by atoms with Gasteiger partial charge in [-0.05, 0) is 26.0 Å². The van der Waals surface area contributed by atoms with E-state index >= 15 is 0 Å². The Labute approximate surface area is 113 Å². The number of benzene rings is 1. The number of amides is 3. The van der Waals surface area contributed by atoms with Crippen molar-refractivity contribution in [3.63, 3.8) is 0 Å². The lowest BCUT2D eigenvalue weighted by molar-refractivity contribution is -0.119. The molecule has 0 bridgehead atoms. The fraction of sp³-hybridized carbons (Fsp3) is 0.333. The number of imide groups is 1. The fourth-order valence-electron chi connectivity index (χ4n) is 1.56. The number of hydrogen-bond donors (Lipinski definition) is 2. The molecule has 0 radical (unpaired) electrons. The van der Waals surface area contributed by atoms with Crippen molar-refractivity contribution < 1.29 is 18.4 Å². The van der Waals surface area contributed by atoms with Gasteiger partial charge in [-0.1, -0.05) is 6.07 Å². The average molecular weight is 288 g/mol. The molecule has 7 heteroatoms. The zero-order valence-corrected chi connectivity index (χ0v) is 11.3. The maximum Gasteiger partial charge on any atom is 0.318 e. The van der Waals surface area contributed by atoms with Crippen LogP contribution in [0.5, 0.6) is 0 Å². The number of hydrogen-bond acceptors (Lipinski definition) is 3. The number of thioether (sulfide) groups is 1. The van der Waals surface area contributed by atoms with E-state index in [1.165, 1.54) is 13.0 Å². The highest BCUT2D eigenvalue weighted by molar-refractivity contribution is 8.00. The van der Waals surface area contributed by atoms with Gasteiger partial charge in [0.05, 0.1) is 5.25 Å². The molecule has 4 nitrogen and oxygen atoms in total. The smallest absolute Gasteiger partial charge is 0.318 e. The zero-order chi connectivity index (χ0) is 14.6. The van der Waals surface area contributed by atoms with Crippen molar-refractivity contribution in [2.24, 2.45) is 5.73 Å². The first-order chi connectivity index (χ1) is 8.82. The second-order valence-corrected chi connectivity index (χ2v) is 5.60. The minimum Gasteiger partial charge on any atom is -0.351 e. The van der Waals surface area contributed by atoms with Crippen LogP contribution in [-0.4, -0.2) is 17.2 Å². The quantitative estimate of drug-likeness (QED) is 0.893. The molecular formula is C12H14F2N2O2S. The summed E-state index contributed by atoms with van der Waals surface area (Å²) in [6.45, 7) is 3.11. The summed E-state index contributed by atoms with van der Waals surface area (Å²) in [5.41, 5.74) is 4.73. The van der Waals surface area contributed by atoms with Crippen LogP contribution in [0.4, 0.5) is 13.6 Å². The second kappa shape index (κ2) is 6.51. The molecule has 0 aliphatic rings. The van der Waals surface area contributed by atoms with Crippen molar-refractivity contribution in [1.29, 1.82) is 0 Å². The highest BCUT2D eigenvalue weighted by Gasteiger charge is 2.22. The molecule has 1 aromatic rings. The number of halogens is 2. The molecule has 0 spiro atoms. The fourth-order valence-corrected chi connectivity index (χ4v) is 2.71. The lowest BCUT2D eigenvalue weighted by Crippen LogP contribution is -2.39. The summed E-state index contributed by atoms with van der Waals surface area (Å²) in [6.07, 6.45) is 0. The molecule has 3 N–H and O–H groups in total. The Morgan fingerprint density at radius 2 is 1.79 bits per heavy atom. The predicted octanol–water partition coefficient (Wildman–Crippen LogP) is 2.34. The minimum absolute atomic E-state index is 0.0915. The molecule has 1 aromatic carbocycles. The minimum atomic E-state index is -0.956. The van der Waals surface area contributed by atoms with Gasteiger partial charge >= 0.3 is 6.03 Å². The van der Waals surface area contributed by atoms with Gasteiger partial charge in [0.1, 0.15) is 11.6 Å². The van der Waals surface area contributed by atoms with E-state index in [1.54, 1.807) is 6.92 Å². The molecule has 0 saturated carbocycles. The number of primary amides is 1. The number of carbonyl (C=O) groups is 2. The summed E-state index contributed by atoms with van der Waals surface area (Å²) < 4.78 is 27.1. The lowest BCUT2D eigenvalue weighted by atomic mass is 10.1. The van der Waals surface area contributed by atoms with E-state index in [0.29, 0.717) is 0 Å². The van der Waals surface area contributed by atoms with Gasteiger partial charge in [-0.25, -0.2) is 13.6 Å². The van der Waals surface area contributed by atoms with Crippen LogP contribution in [0.25, 0.3) is 0 Å². The van der Waals surface area contributed by atoms with Gasteiger partial charge in [0.2, 0.25) is 5.91 Å². The molecule has 0 unspecified atom stereocenters. The Bertz CT molecular complexity index is 476. The van der Waals surface area contributed by atoms with E-state index in [2.05, 4.69) is 0 Å². The van der Waals surface area contributed by atoms with Crippen LogP contribution in [-0.2, 0) is 4.79 Å². The Balaban J connectivity index is 2.77. The van der Waals surface area contributed by atoms with Crippen LogP contribution in [0.3, 0.4) is 0 Å². The highest BCUT2D eigenvalue weighted by atomic mass is 32.2. The average Bonchev–Trinajstić information content (AvgIpc) is 2.27. The Kier molecular flexibility index (Phi) is 5.29. The standard InChI is InChI=1S/C12H14F2N2O2S/c1-6(10-8(13)4-3-5-9(10)14)19-7(2)11(17)16-12(15)18/h3-7H,1-2H3,(H3,15,16,17,18)/t6-,7-/m1/s1. The van der Waals surface area contributed by atoms with Crippen molar-refractivity contribution in [3.8, 4) is 0 Å². The first-order valence-corrected chi connectivity index (χ1v) is 6.47. The van der Waals surface area contributed by atoms with Crippen molar-refractivity contribution >= 4 is 23.7 Å². The van der Waals surface area contributed by atoms with Gasteiger partial charge in [0.25, 0.3) is 0 Å². The summed E-state index contributed by atoms with van der Waals surface area (Å²) in [5, 5.41) is 0.681. The maximum atomic E-state index is 13.5. The third-order valence-corrected chi connectivity index (χ3v) is 3.70. The summed E-state index contributed by atoms with van der Waals surface area (Å²) in [7, 11) is 0. The van der Waals surface area contributed by atoms with Crippen LogP contribution in [0.1, 0.15) is 24.7 Å². The van der Waals surface area contributed by atoms with Gasteiger partial charge in [-0.2, -0.15) is 0 Å². The van der Waals surface area contributed by atoms with E-state index < -0.39 is 34.1 Å². The van der Waals surface area contributed by atoms with Crippen LogP contribution in [0, 0.1) is 11.6 Å². The number of nitrogens with one attached hydrogen (secondary N) is 1. The van der Waals surface area contributed by atoms with E-state index in [0.717, 1.165) is 23.9 Å². The molecule has 0 aliphatic carbocycles. The van der Waals surface area contributed by atoms with Crippen molar-refractivity contribution in [2.75, 3.05) is 0 Å². The predicted molar refractivity (Wildman–Crippen MR) is 69.6 cm³/mol. The monoisotopic (exact) mass is 288 g/mol. The molecule has 0 aromatic heterocycles. The van der Waals surface area contributed by atoms with Crippen molar-refractivity contribution in [2.45, 2.75) is 24.3 Å². The van der Waals surface area contributed by atoms with Gasteiger partial charge in [-0.3, -0.25) is 10.1 Å². The van der Waals surface area contributed by atoms with E-state index in [1.807, 2.05) is 5.32 Å². The molecule has 0 saturated heterocycles. The van der Waals surface area contributed by atoms with E-state index in [4.69, 9.17) is 5.73 Å². The largest absolute Gasteiger partial charge is 0.351 e. The Morgan fingerprint density at radius 1 is 1.26 bits per heavy atom. The first-order valence-electron chi connectivity index (χ1n) is 5.52. The molecule has 0 aliphatic heterocycles. The normalized spacial score (nSPS) is 13.7. The van der Waals surface area contributed by atoms with Gasteiger partial charge < -0.3 is 5.73 Å². The summed E-state index contributed by atoms with van der Waals surface area (Å²) in [6, 6.07) is 2.63. The molecular weight excluding hydrogens is 274 g/mol. The van der Waals surface area contributed by atoms with Crippen molar-refractivity contribution in [3.05, 3.63) is 35.4 Å². The van der Waals surface area contributed by atoms with Crippen LogP contribution in [0.2, 0.25) is 0 Å². The third-order valence-electron chi connectivity index (χ3n) is 2.43. The highest BCUT2D eigenvalue weighted by Crippen LogP contribution is 2.34. The topological polar surface area (TPSA) is 72.2 Å². The summed E-state index contributed by atoms with van der Waals surface area (Å²) >= 11 is 1.03. The number of carbonyl (C=O) groups excluding carboxylic acids is 2. The van der Waals surface area contributed by atoms with E-state index in [9.17, 15) is 18.4 Å². The first kappa shape index (κ1) is 15.4. The van der Waals surface area contributed by atoms with Gasteiger partial charge in [0, 0.05) is 10.8 Å². The molecule has 0 fully saturated rings.